The molecule has 0 N–H and O–H groups in total. The quantitative estimate of drug-likeness (QED) is 0.672. The lowest BCUT2D eigenvalue weighted by molar-refractivity contribution is 0.341. The van der Waals surface area contributed by atoms with Gasteiger partial charge in [-0.2, -0.15) is 0 Å². The maximum Gasteiger partial charge on any atom is 0.256 e. The highest BCUT2D eigenvalue weighted by atomic mass is 32.2. The number of aromatic nitrogens is 1. The Hall–Kier alpha value is -0.900. The molecule has 0 aliphatic carbocycles. The zero-order valence-electron chi connectivity index (χ0n) is 7.33. The molecule has 1 heterocycles. The van der Waals surface area contributed by atoms with Gasteiger partial charge in [-0.25, -0.2) is 4.98 Å². The lowest BCUT2D eigenvalue weighted by Gasteiger charge is -2.06. The molecule has 0 bridgehead atoms. The summed E-state index contributed by atoms with van der Waals surface area (Å²) in [6.07, 6.45) is 3.74. The zero-order valence-corrected chi connectivity index (χ0v) is 8.14. The van der Waals surface area contributed by atoms with Crippen molar-refractivity contribution >= 4 is 11.8 Å². The number of hydrogen-bond donors (Lipinski definition) is 0. The molecular weight excluding hydrogens is 174 g/mol. The van der Waals surface area contributed by atoms with Crippen LogP contribution in [0.3, 0.4) is 0 Å². The summed E-state index contributed by atoms with van der Waals surface area (Å²) < 4.78 is 10.1. The van der Waals surface area contributed by atoms with E-state index in [0.29, 0.717) is 11.6 Å². The third kappa shape index (κ3) is 1.82. The predicted molar refractivity (Wildman–Crippen MR) is 49.1 cm³/mol. The molecule has 0 fully saturated rings. The molecule has 1 aromatic rings. The molecule has 1 rings (SSSR count). The number of methoxy groups -OCH3 is 2. The molecule has 3 nitrogen and oxygen atoms in total. The summed E-state index contributed by atoms with van der Waals surface area (Å²) in [6.45, 7) is 0. The second kappa shape index (κ2) is 4.21. The minimum absolute atomic E-state index is 0.523. The summed E-state index contributed by atoms with van der Waals surface area (Å²) in [6, 6.07) is 1.90. The molecule has 66 valence electrons. The van der Waals surface area contributed by atoms with Crippen LogP contribution in [0, 0.1) is 0 Å². The van der Waals surface area contributed by atoms with Crippen molar-refractivity contribution in [1.82, 2.24) is 4.98 Å². The maximum atomic E-state index is 5.08. The van der Waals surface area contributed by atoms with Crippen LogP contribution in [0.5, 0.6) is 11.6 Å². The summed E-state index contributed by atoms with van der Waals surface area (Å²) in [7, 11) is 3.17. The van der Waals surface area contributed by atoms with Crippen molar-refractivity contribution in [2.24, 2.45) is 0 Å². The van der Waals surface area contributed by atoms with E-state index in [1.165, 1.54) is 0 Å². The predicted octanol–water partition coefficient (Wildman–Crippen LogP) is 1.82. The molecule has 0 saturated heterocycles. The van der Waals surface area contributed by atoms with Crippen molar-refractivity contribution in [1.29, 1.82) is 0 Å². The Kier molecular flexibility index (Phi) is 3.22. The molecule has 0 atom stereocenters. The van der Waals surface area contributed by atoms with Crippen molar-refractivity contribution < 1.29 is 9.47 Å². The van der Waals surface area contributed by atoms with E-state index in [1.807, 2.05) is 12.3 Å². The van der Waals surface area contributed by atoms with Crippen molar-refractivity contribution in [3.63, 3.8) is 0 Å². The Morgan fingerprint density at radius 1 is 1.33 bits per heavy atom. The van der Waals surface area contributed by atoms with Crippen LogP contribution in [0.1, 0.15) is 0 Å². The molecule has 0 saturated carbocycles. The summed E-state index contributed by atoms with van der Waals surface area (Å²) in [5, 5.41) is 0. The van der Waals surface area contributed by atoms with E-state index in [2.05, 4.69) is 4.98 Å². The minimum atomic E-state index is 0.523. The molecule has 0 unspecified atom stereocenters. The van der Waals surface area contributed by atoms with Gasteiger partial charge < -0.3 is 9.47 Å². The first kappa shape index (κ1) is 9.19. The van der Waals surface area contributed by atoms with Crippen molar-refractivity contribution in [2.45, 2.75) is 4.90 Å². The molecule has 4 heteroatoms. The highest BCUT2D eigenvalue weighted by Gasteiger charge is 2.04. The smallest absolute Gasteiger partial charge is 0.256 e. The van der Waals surface area contributed by atoms with Gasteiger partial charge in [0.25, 0.3) is 5.88 Å². The van der Waals surface area contributed by atoms with Crippen LogP contribution in [0.2, 0.25) is 0 Å². The number of pyridine rings is 1. The Bertz CT molecular complexity index is 265. The highest BCUT2D eigenvalue weighted by Crippen LogP contribution is 2.27. The van der Waals surface area contributed by atoms with Gasteiger partial charge in [0.2, 0.25) is 0 Å². The van der Waals surface area contributed by atoms with Gasteiger partial charge in [-0.15, -0.1) is 11.8 Å². The van der Waals surface area contributed by atoms with Gasteiger partial charge in [-0.05, 0) is 6.26 Å². The highest BCUT2D eigenvalue weighted by molar-refractivity contribution is 7.98. The fraction of sp³-hybridized carbons (Fsp3) is 0.375. The number of thioether (sulfide) groups is 1. The minimum Gasteiger partial charge on any atom is -0.491 e. The van der Waals surface area contributed by atoms with Crippen LogP contribution in [0.15, 0.2) is 17.2 Å². The van der Waals surface area contributed by atoms with Gasteiger partial charge >= 0.3 is 0 Å². The third-order valence-corrected chi connectivity index (χ3v) is 2.14. The number of hydrogen-bond acceptors (Lipinski definition) is 4. The van der Waals surface area contributed by atoms with Crippen LogP contribution in [0.4, 0.5) is 0 Å². The second-order valence-electron chi connectivity index (χ2n) is 2.09. The first-order valence-electron chi connectivity index (χ1n) is 3.43. The first-order valence-corrected chi connectivity index (χ1v) is 4.66. The van der Waals surface area contributed by atoms with Gasteiger partial charge in [0.05, 0.1) is 14.2 Å². The maximum absolute atomic E-state index is 5.08. The monoisotopic (exact) mass is 185 g/mol. The Morgan fingerprint density at radius 2 is 2.08 bits per heavy atom. The van der Waals surface area contributed by atoms with E-state index in [1.54, 1.807) is 32.2 Å². The van der Waals surface area contributed by atoms with Crippen molar-refractivity contribution in [3.8, 4) is 11.6 Å². The standard InChI is InChI=1S/C8H11NO2S/c1-10-7-4-6(12-3)5-9-8(7)11-2/h4-5H,1-3H3. The Morgan fingerprint density at radius 3 is 2.58 bits per heavy atom. The van der Waals surface area contributed by atoms with Gasteiger partial charge in [-0.3, -0.25) is 0 Å². The van der Waals surface area contributed by atoms with E-state index in [9.17, 15) is 0 Å². The largest absolute Gasteiger partial charge is 0.491 e. The molecule has 0 spiro atoms. The van der Waals surface area contributed by atoms with Gasteiger partial charge in [0.1, 0.15) is 0 Å². The molecule has 0 aliphatic rings. The summed E-state index contributed by atoms with van der Waals surface area (Å²) >= 11 is 1.62. The molecule has 0 radical (unpaired) electrons. The number of rotatable bonds is 3. The van der Waals surface area contributed by atoms with Crippen LogP contribution >= 0.6 is 11.8 Å². The SMILES string of the molecule is COc1cc(SC)cnc1OC. The normalized spacial score (nSPS) is 9.58. The molecule has 0 aliphatic heterocycles. The fourth-order valence-electron chi connectivity index (χ4n) is 0.825. The molecule has 1 aromatic heterocycles. The van der Waals surface area contributed by atoms with E-state index >= 15 is 0 Å². The van der Waals surface area contributed by atoms with E-state index < -0.39 is 0 Å². The van der Waals surface area contributed by atoms with Gasteiger partial charge in [0, 0.05) is 17.2 Å². The first-order chi connectivity index (χ1) is 5.81. The summed E-state index contributed by atoms with van der Waals surface area (Å²) in [5.41, 5.74) is 0. The third-order valence-electron chi connectivity index (χ3n) is 1.44. The number of ether oxygens (including phenoxy) is 2. The average Bonchev–Trinajstić information content (AvgIpc) is 2.16. The Labute approximate surface area is 76.1 Å². The fourth-order valence-corrected chi connectivity index (χ4v) is 1.21. The molecule has 0 amide bonds. The van der Waals surface area contributed by atoms with Crippen molar-refractivity contribution in [3.05, 3.63) is 12.3 Å². The summed E-state index contributed by atoms with van der Waals surface area (Å²) in [5.74, 6) is 1.19. The molecule has 12 heavy (non-hydrogen) atoms. The summed E-state index contributed by atoms with van der Waals surface area (Å²) in [4.78, 5) is 5.13. The van der Waals surface area contributed by atoms with Crippen LogP contribution < -0.4 is 9.47 Å². The lowest BCUT2D eigenvalue weighted by Crippen LogP contribution is -1.93. The topological polar surface area (TPSA) is 31.4 Å². The zero-order chi connectivity index (χ0) is 8.97. The van der Waals surface area contributed by atoms with Gasteiger partial charge in [-0.1, -0.05) is 0 Å². The van der Waals surface area contributed by atoms with E-state index in [-0.39, 0.29) is 0 Å². The number of nitrogens with zero attached hydrogens (tertiary/aromatic N) is 1. The lowest BCUT2D eigenvalue weighted by atomic mass is 10.4. The molecular formula is C8H11NO2S. The van der Waals surface area contributed by atoms with Crippen molar-refractivity contribution in [2.75, 3.05) is 20.5 Å². The van der Waals surface area contributed by atoms with Crippen LogP contribution in [0.25, 0.3) is 0 Å². The van der Waals surface area contributed by atoms with E-state index in [0.717, 1.165) is 4.90 Å². The average molecular weight is 185 g/mol. The Balaban J connectivity index is 3.02. The van der Waals surface area contributed by atoms with Gasteiger partial charge in [0.15, 0.2) is 5.75 Å². The molecule has 0 aromatic carbocycles. The van der Waals surface area contributed by atoms with Crippen LogP contribution in [-0.2, 0) is 0 Å². The van der Waals surface area contributed by atoms with Crippen LogP contribution in [-0.4, -0.2) is 25.5 Å². The van der Waals surface area contributed by atoms with E-state index in [4.69, 9.17) is 9.47 Å². The second-order valence-corrected chi connectivity index (χ2v) is 2.97.